The standard InChI is InChI=1S/C18H11F2N3OS3/c19-18(20)27-15-3-1-13(2-4-15)22-16(24)12(8-21)7-14-10-26-17(23-14)11-5-6-25-9-11/h1-7,9-10,18H,(H,22,24). The number of anilines is 1. The number of hydrogen-bond acceptors (Lipinski definition) is 6. The minimum absolute atomic E-state index is 0.0943. The molecule has 0 bridgehead atoms. The maximum atomic E-state index is 12.3. The van der Waals surface area contributed by atoms with Gasteiger partial charge in [-0.3, -0.25) is 4.79 Å². The third-order valence-electron chi connectivity index (χ3n) is 3.28. The van der Waals surface area contributed by atoms with Gasteiger partial charge in [-0.25, -0.2) is 4.98 Å². The highest BCUT2D eigenvalue weighted by Crippen LogP contribution is 2.27. The van der Waals surface area contributed by atoms with Crippen LogP contribution in [0.2, 0.25) is 0 Å². The van der Waals surface area contributed by atoms with Crippen LogP contribution < -0.4 is 5.32 Å². The monoisotopic (exact) mass is 419 g/mol. The number of thioether (sulfide) groups is 1. The van der Waals surface area contributed by atoms with Gasteiger partial charge >= 0.3 is 0 Å². The Kier molecular flexibility index (Phi) is 6.34. The maximum absolute atomic E-state index is 12.3. The Morgan fingerprint density at radius 1 is 1.26 bits per heavy atom. The van der Waals surface area contributed by atoms with Crippen molar-refractivity contribution in [2.45, 2.75) is 10.7 Å². The molecule has 0 aliphatic heterocycles. The van der Waals surface area contributed by atoms with E-state index in [1.807, 2.05) is 22.9 Å². The lowest BCUT2D eigenvalue weighted by atomic mass is 10.2. The number of nitriles is 1. The molecule has 0 spiro atoms. The average molecular weight is 420 g/mol. The largest absolute Gasteiger partial charge is 0.321 e. The van der Waals surface area contributed by atoms with Crippen molar-refractivity contribution < 1.29 is 13.6 Å². The number of carbonyl (C=O) groups excluding carboxylic acids is 1. The second kappa shape index (κ2) is 8.90. The van der Waals surface area contributed by atoms with E-state index in [9.17, 15) is 18.8 Å². The summed E-state index contributed by atoms with van der Waals surface area (Å²) in [6.07, 6.45) is 1.42. The van der Waals surface area contributed by atoms with Gasteiger partial charge in [0, 0.05) is 26.9 Å². The number of rotatable bonds is 6. The summed E-state index contributed by atoms with van der Waals surface area (Å²) in [5, 5.41) is 18.4. The topological polar surface area (TPSA) is 65.8 Å². The molecule has 0 radical (unpaired) electrons. The van der Waals surface area contributed by atoms with E-state index in [1.54, 1.807) is 16.7 Å². The highest BCUT2D eigenvalue weighted by Gasteiger charge is 2.12. The van der Waals surface area contributed by atoms with Crippen molar-refractivity contribution >= 4 is 52.1 Å². The zero-order valence-electron chi connectivity index (χ0n) is 13.6. The van der Waals surface area contributed by atoms with E-state index in [0.29, 0.717) is 28.0 Å². The predicted octanol–water partition coefficient (Wildman–Crippen LogP) is 5.73. The van der Waals surface area contributed by atoms with E-state index in [1.165, 1.54) is 41.7 Å². The zero-order valence-corrected chi connectivity index (χ0v) is 16.0. The summed E-state index contributed by atoms with van der Waals surface area (Å²) in [6, 6.07) is 9.80. The molecule has 136 valence electrons. The van der Waals surface area contributed by atoms with Crippen LogP contribution in [0.4, 0.5) is 14.5 Å². The first kappa shape index (κ1) is 19.2. The van der Waals surface area contributed by atoms with Gasteiger partial charge in [0.2, 0.25) is 0 Å². The van der Waals surface area contributed by atoms with Crippen LogP contribution in [0, 0.1) is 11.3 Å². The highest BCUT2D eigenvalue weighted by molar-refractivity contribution is 7.99. The summed E-state index contributed by atoms with van der Waals surface area (Å²) in [7, 11) is 0. The predicted molar refractivity (Wildman–Crippen MR) is 106 cm³/mol. The van der Waals surface area contributed by atoms with Gasteiger partial charge in [-0.05, 0) is 41.8 Å². The van der Waals surface area contributed by atoms with Crippen molar-refractivity contribution in [3.63, 3.8) is 0 Å². The Morgan fingerprint density at radius 2 is 2.04 bits per heavy atom. The molecular weight excluding hydrogens is 408 g/mol. The molecule has 0 saturated carbocycles. The molecule has 4 nitrogen and oxygen atoms in total. The van der Waals surface area contributed by atoms with Gasteiger partial charge < -0.3 is 5.32 Å². The molecule has 1 N–H and O–H groups in total. The van der Waals surface area contributed by atoms with E-state index in [-0.39, 0.29) is 5.57 Å². The Morgan fingerprint density at radius 3 is 2.67 bits per heavy atom. The SMILES string of the molecule is N#CC(=Cc1csc(-c2ccsc2)n1)C(=O)Nc1ccc(SC(F)F)cc1. The summed E-state index contributed by atoms with van der Waals surface area (Å²) in [5.74, 6) is -3.09. The molecule has 0 unspecified atom stereocenters. The number of alkyl halides is 2. The summed E-state index contributed by atoms with van der Waals surface area (Å²) < 4.78 is 24.7. The summed E-state index contributed by atoms with van der Waals surface area (Å²) in [4.78, 5) is 17.1. The summed E-state index contributed by atoms with van der Waals surface area (Å²) >= 11 is 3.42. The number of halogens is 2. The van der Waals surface area contributed by atoms with Crippen molar-refractivity contribution in [3.8, 4) is 16.6 Å². The minimum atomic E-state index is -2.50. The quantitative estimate of drug-likeness (QED) is 0.315. The normalized spacial score (nSPS) is 11.4. The lowest BCUT2D eigenvalue weighted by Crippen LogP contribution is -2.13. The molecule has 2 heterocycles. The first-order valence-corrected chi connectivity index (χ1v) is 10.2. The molecule has 0 aliphatic rings. The number of thiophene rings is 1. The van der Waals surface area contributed by atoms with Crippen LogP contribution >= 0.6 is 34.4 Å². The molecule has 3 aromatic rings. The number of thiazole rings is 1. The van der Waals surface area contributed by atoms with Gasteiger partial charge in [0.15, 0.2) is 0 Å². The lowest BCUT2D eigenvalue weighted by molar-refractivity contribution is -0.112. The van der Waals surface area contributed by atoms with E-state index in [0.717, 1.165) is 10.6 Å². The van der Waals surface area contributed by atoms with Crippen molar-refractivity contribution in [1.29, 1.82) is 5.26 Å². The molecule has 9 heteroatoms. The third kappa shape index (κ3) is 5.23. The number of aromatic nitrogens is 1. The zero-order chi connectivity index (χ0) is 19.2. The maximum Gasteiger partial charge on any atom is 0.288 e. The number of hydrogen-bond donors (Lipinski definition) is 1. The molecule has 1 aromatic carbocycles. The first-order chi connectivity index (χ1) is 13.0. The number of amides is 1. The molecule has 0 fully saturated rings. The van der Waals surface area contributed by atoms with Gasteiger partial charge in [-0.15, -0.1) is 11.3 Å². The third-order valence-corrected chi connectivity index (χ3v) is 5.60. The second-order valence-corrected chi connectivity index (χ2v) is 7.82. The van der Waals surface area contributed by atoms with Crippen molar-refractivity contribution in [2.24, 2.45) is 0 Å². The van der Waals surface area contributed by atoms with Gasteiger partial charge in [0.25, 0.3) is 11.7 Å². The van der Waals surface area contributed by atoms with Crippen LogP contribution in [0.5, 0.6) is 0 Å². The molecule has 2 aromatic heterocycles. The molecular formula is C18H11F2N3OS3. The molecule has 3 rings (SSSR count). The first-order valence-electron chi connectivity index (χ1n) is 7.51. The number of benzene rings is 1. The highest BCUT2D eigenvalue weighted by atomic mass is 32.2. The molecule has 0 aliphatic carbocycles. The number of nitrogens with zero attached hydrogens (tertiary/aromatic N) is 2. The number of carbonyl (C=O) groups is 1. The van der Waals surface area contributed by atoms with Crippen molar-refractivity contribution in [1.82, 2.24) is 4.98 Å². The van der Waals surface area contributed by atoms with Crippen LogP contribution in [-0.2, 0) is 4.79 Å². The molecule has 0 atom stereocenters. The van der Waals surface area contributed by atoms with Crippen LogP contribution in [0.1, 0.15) is 5.69 Å². The summed E-state index contributed by atoms with van der Waals surface area (Å²) in [5.41, 5.74) is 1.84. The van der Waals surface area contributed by atoms with Crippen LogP contribution in [0.25, 0.3) is 16.6 Å². The minimum Gasteiger partial charge on any atom is -0.321 e. The molecule has 27 heavy (non-hydrogen) atoms. The molecule has 0 saturated heterocycles. The Balaban J connectivity index is 1.70. The van der Waals surface area contributed by atoms with E-state index in [4.69, 9.17) is 0 Å². The fourth-order valence-electron chi connectivity index (χ4n) is 2.09. The van der Waals surface area contributed by atoms with Crippen LogP contribution in [0.15, 0.2) is 56.9 Å². The van der Waals surface area contributed by atoms with E-state index >= 15 is 0 Å². The fourth-order valence-corrected chi connectivity index (χ4v) is 4.07. The lowest BCUT2D eigenvalue weighted by Gasteiger charge is -2.05. The fraction of sp³-hybridized carbons (Fsp3) is 0.0556. The second-order valence-electron chi connectivity index (χ2n) is 5.12. The molecule has 1 amide bonds. The van der Waals surface area contributed by atoms with Gasteiger partial charge in [-0.2, -0.15) is 25.4 Å². The van der Waals surface area contributed by atoms with E-state index < -0.39 is 11.7 Å². The number of nitrogens with one attached hydrogen (secondary N) is 1. The Hall–Kier alpha value is -2.54. The Bertz CT molecular complexity index is 990. The average Bonchev–Trinajstić information content (AvgIpc) is 3.32. The van der Waals surface area contributed by atoms with Gasteiger partial charge in [0.05, 0.1) is 5.69 Å². The smallest absolute Gasteiger partial charge is 0.288 e. The van der Waals surface area contributed by atoms with Crippen LogP contribution in [0.3, 0.4) is 0 Å². The Labute approximate surface area is 166 Å². The van der Waals surface area contributed by atoms with Crippen molar-refractivity contribution in [2.75, 3.05) is 5.32 Å². The van der Waals surface area contributed by atoms with E-state index in [2.05, 4.69) is 10.3 Å². The van der Waals surface area contributed by atoms with Crippen molar-refractivity contribution in [3.05, 3.63) is 57.7 Å². The van der Waals surface area contributed by atoms with Gasteiger partial charge in [0.1, 0.15) is 16.6 Å². The van der Waals surface area contributed by atoms with Gasteiger partial charge in [-0.1, -0.05) is 11.8 Å². The van der Waals surface area contributed by atoms with Crippen LogP contribution in [-0.4, -0.2) is 16.6 Å². The summed E-state index contributed by atoms with van der Waals surface area (Å²) in [6.45, 7) is 0.